The first-order valence-electron chi connectivity index (χ1n) is 9.82. The van der Waals surface area contributed by atoms with Gasteiger partial charge in [-0.3, -0.25) is 9.48 Å². The third kappa shape index (κ3) is 3.34. The maximum absolute atomic E-state index is 13.3. The molecule has 0 aliphatic carbocycles. The van der Waals surface area contributed by atoms with Gasteiger partial charge in [0.25, 0.3) is 5.56 Å². The van der Waals surface area contributed by atoms with Gasteiger partial charge >= 0.3 is 5.63 Å². The molecule has 0 spiro atoms. The van der Waals surface area contributed by atoms with Crippen molar-refractivity contribution in [3.05, 3.63) is 92.7 Å². The molecular weight excluding hydrogens is 428 g/mol. The number of benzene rings is 2. The number of rotatable bonds is 5. The molecule has 0 aliphatic rings. The van der Waals surface area contributed by atoms with Gasteiger partial charge in [0.15, 0.2) is 5.69 Å². The molecule has 0 saturated carbocycles. The van der Waals surface area contributed by atoms with Crippen molar-refractivity contribution in [1.82, 2.24) is 29.6 Å². The Bertz CT molecular complexity index is 1550. The minimum atomic E-state index is -0.405. The first-order valence-corrected chi connectivity index (χ1v) is 10.8. The fourth-order valence-electron chi connectivity index (χ4n) is 3.55. The van der Waals surface area contributed by atoms with Gasteiger partial charge in [-0.1, -0.05) is 48.2 Å². The number of hydrogen-bond donors (Lipinski definition) is 0. The summed E-state index contributed by atoms with van der Waals surface area (Å²) in [6, 6.07) is 18.5. The molecule has 0 aliphatic heterocycles. The van der Waals surface area contributed by atoms with Crippen LogP contribution in [0.4, 0.5) is 0 Å². The van der Waals surface area contributed by atoms with E-state index >= 15 is 0 Å². The van der Waals surface area contributed by atoms with Crippen molar-refractivity contribution in [1.29, 1.82) is 0 Å². The summed E-state index contributed by atoms with van der Waals surface area (Å²) in [7, 11) is 1.81. The zero-order chi connectivity index (χ0) is 22.2. The lowest BCUT2D eigenvalue weighted by Gasteiger charge is -2.07. The minimum absolute atomic E-state index is 0.240. The Labute approximate surface area is 185 Å². The Morgan fingerprint density at radius 3 is 2.59 bits per heavy atom. The van der Waals surface area contributed by atoms with Crippen LogP contribution in [-0.4, -0.2) is 29.6 Å². The van der Waals surface area contributed by atoms with E-state index < -0.39 is 5.63 Å². The van der Waals surface area contributed by atoms with Gasteiger partial charge in [-0.25, -0.2) is 9.48 Å². The second kappa shape index (κ2) is 7.97. The van der Waals surface area contributed by atoms with Gasteiger partial charge in [-0.05, 0) is 41.6 Å². The molecule has 160 valence electrons. The van der Waals surface area contributed by atoms with E-state index in [2.05, 4.69) is 15.5 Å². The molecule has 32 heavy (non-hydrogen) atoms. The van der Waals surface area contributed by atoms with E-state index in [1.54, 1.807) is 21.5 Å². The molecule has 0 saturated heterocycles. The molecule has 10 heteroatoms. The van der Waals surface area contributed by atoms with E-state index in [-0.39, 0.29) is 5.56 Å². The molecule has 5 aromatic rings. The maximum Gasteiger partial charge on any atom is 0.340 e. The highest BCUT2D eigenvalue weighted by atomic mass is 32.2. The van der Waals surface area contributed by atoms with Crippen LogP contribution in [0, 0.1) is 6.92 Å². The van der Waals surface area contributed by atoms with Gasteiger partial charge in [0.05, 0.1) is 11.4 Å². The Hall–Kier alpha value is -3.92. The van der Waals surface area contributed by atoms with Crippen molar-refractivity contribution in [2.24, 2.45) is 7.05 Å². The number of hydrogen-bond acceptors (Lipinski definition) is 7. The monoisotopic (exact) mass is 446 g/mol. The summed E-state index contributed by atoms with van der Waals surface area (Å²) in [6.07, 6.45) is 0. The van der Waals surface area contributed by atoms with Crippen molar-refractivity contribution in [2.45, 2.75) is 17.8 Å². The zero-order valence-corrected chi connectivity index (χ0v) is 18.1. The van der Waals surface area contributed by atoms with Crippen molar-refractivity contribution >= 4 is 22.7 Å². The summed E-state index contributed by atoms with van der Waals surface area (Å²) in [5.74, 6) is 0.298. The summed E-state index contributed by atoms with van der Waals surface area (Å²) in [5, 5.41) is 13.1. The molecule has 0 bridgehead atoms. The Balaban J connectivity index is 1.51. The van der Waals surface area contributed by atoms with Crippen LogP contribution in [0.2, 0.25) is 0 Å². The average molecular weight is 446 g/mol. The molecule has 3 aromatic heterocycles. The van der Waals surface area contributed by atoms with E-state index in [4.69, 9.17) is 4.42 Å². The molecule has 0 amide bonds. The maximum atomic E-state index is 13.3. The highest BCUT2D eigenvalue weighted by Gasteiger charge is 2.22. The Morgan fingerprint density at radius 2 is 1.78 bits per heavy atom. The fraction of sp³-hybridized carbons (Fsp3) is 0.136. The molecule has 9 nitrogen and oxygen atoms in total. The quantitative estimate of drug-likeness (QED) is 0.302. The molecule has 3 heterocycles. The van der Waals surface area contributed by atoms with Crippen LogP contribution in [0.5, 0.6) is 0 Å². The topological polar surface area (TPSA) is 101 Å². The number of thioether (sulfide) groups is 1. The van der Waals surface area contributed by atoms with Crippen molar-refractivity contribution in [3.63, 3.8) is 0 Å². The molecule has 0 radical (unpaired) electrons. The predicted molar refractivity (Wildman–Crippen MR) is 121 cm³/mol. The van der Waals surface area contributed by atoms with Gasteiger partial charge in [-0.2, -0.15) is 4.68 Å². The lowest BCUT2D eigenvalue weighted by Crippen LogP contribution is -2.22. The van der Waals surface area contributed by atoms with Gasteiger partial charge < -0.3 is 4.42 Å². The third-order valence-corrected chi connectivity index (χ3v) is 6.22. The molecular formula is C22H18N6O3S. The lowest BCUT2D eigenvalue weighted by atomic mass is 10.2. The zero-order valence-electron chi connectivity index (χ0n) is 17.3. The van der Waals surface area contributed by atoms with Crippen LogP contribution in [0.25, 0.3) is 22.3 Å². The SMILES string of the molecule is Cc1c(-n2nnnc2SCc2cc3ccccc3oc2=O)c(=O)n(-c2ccccc2)n1C. The normalized spacial score (nSPS) is 11.3. The van der Waals surface area contributed by atoms with Crippen molar-refractivity contribution in [2.75, 3.05) is 0 Å². The number of nitrogens with zero attached hydrogens (tertiary/aromatic N) is 6. The molecule has 0 fully saturated rings. The van der Waals surface area contributed by atoms with Crippen LogP contribution < -0.4 is 11.2 Å². The molecule has 0 N–H and O–H groups in total. The first-order chi connectivity index (χ1) is 15.5. The smallest absolute Gasteiger partial charge is 0.340 e. The summed E-state index contributed by atoms with van der Waals surface area (Å²) in [4.78, 5) is 25.7. The van der Waals surface area contributed by atoms with E-state index in [1.165, 1.54) is 16.4 Å². The summed E-state index contributed by atoms with van der Waals surface area (Å²) in [5.41, 5.74) is 2.19. The van der Waals surface area contributed by atoms with Crippen LogP contribution in [-0.2, 0) is 12.8 Å². The van der Waals surface area contributed by atoms with Gasteiger partial charge in [0, 0.05) is 23.8 Å². The summed E-state index contributed by atoms with van der Waals surface area (Å²) < 4.78 is 10.2. The molecule has 0 atom stereocenters. The third-order valence-electron chi connectivity index (χ3n) is 5.25. The molecule has 5 rings (SSSR count). The molecule has 2 aromatic carbocycles. The second-order valence-corrected chi connectivity index (χ2v) is 8.11. The second-order valence-electron chi connectivity index (χ2n) is 7.17. The lowest BCUT2D eigenvalue weighted by molar-refractivity contribution is 0.554. The Morgan fingerprint density at radius 1 is 1.03 bits per heavy atom. The van der Waals surface area contributed by atoms with E-state index in [9.17, 15) is 9.59 Å². The van der Waals surface area contributed by atoms with Gasteiger partial charge in [0.2, 0.25) is 5.16 Å². The number of aromatic nitrogens is 6. The Kier molecular flexibility index (Phi) is 4.98. The van der Waals surface area contributed by atoms with Crippen LogP contribution in [0.15, 0.2) is 79.8 Å². The number of tetrazole rings is 1. The number of fused-ring (bicyclic) bond motifs is 1. The summed E-state index contributed by atoms with van der Waals surface area (Å²) in [6.45, 7) is 1.84. The highest BCUT2D eigenvalue weighted by molar-refractivity contribution is 7.98. The average Bonchev–Trinajstić information content (AvgIpc) is 3.34. The highest BCUT2D eigenvalue weighted by Crippen LogP contribution is 2.23. The fourth-order valence-corrected chi connectivity index (χ4v) is 4.39. The van der Waals surface area contributed by atoms with E-state index in [0.29, 0.717) is 33.4 Å². The minimum Gasteiger partial charge on any atom is -0.423 e. The van der Waals surface area contributed by atoms with Crippen LogP contribution in [0.1, 0.15) is 11.3 Å². The van der Waals surface area contributed by atoms with Crippen LogP contribution >= 0.6 is 11.8 Å². The number of para-hydroxylation sites is 2. The van der Waals surface area contributed by atoms with Crippen LogP contribution in [0.3, 0.4) is 0 Å². The predicted octanol–water partition coefficient (Wildman–Crippen LogP) is 2.86. The largest absolute Gasteiger partial charge is 0.423 e. The first kappa shape index (κ1) is 20.0. The molecule has 0 unspecified atom stereocenters. The van der Waals surface area contributed by atoms with Crippen molar-refractivity contribution < 1.29 is 4.42 Å². The van der Waals surface area contributed by atoms with E-state index in [0.717, 1.165) is 11.1 Å². The van der Waals surface area contributed by atoms with Gasteiger partial charge in [-0.15, -0.1) is 5.10 Å². The summed E-state index contributed by atoms with van der Waals surface area (Å²) >= 11 is 1.26. The standard InChI is InChI=1S/C22H18N6O3S/c1-14-19(20(29)28(26(14)2)17-9-4-3-5-10-17)27-22(23-24-25-27)32-13-16-12-15-8-6-7-11-18(15)31-21(16)30/h3-12H,13H2,1-2H3. The van der Waals surface area contributed by atoms with E-state index in [1.807, 2.05) is 62.5 Å². The van der Waals surface area contributed by atoms with Crippen molar-refractivity contribution in [3.8, 4) is 11.4 Å². The van der Waals surface area contributed by atoms with Gasteiger partial charge in [0.1, 0.15) is 5.58 Å².